The molecule has 3 N–H and O–H groups in total. The summed E-state index contributed by atoms with van der Waals surface area (Å²) in [6, 6.07) is 11.5. The molecule has 116 valence electrons. The van der Waals surface area contributed by atoms with Crippen molar-refractivity contribution >= 4 is 22.6 Å². The van der Waals surface area contributed by atoms with Crippen molar-refractivity contribution in [2.75, 3.05) is 5.32 Å². The Morgan fingerprint density at radius 3 is 2.61 bits per heavy atom. The molecular weight excluding hydrogens is 297 g/mol. The van der Waals surface area contributed by atoms with Crippen molar-refractivity contribution in [2.24, 2.45) is 5.92 Å². The Kier molecular flexibility index (Phi) is 3.04. The lowest BCUT2D eigenvalue weighted by atomic mass is 10.1. The van der Waals surface area contributed by atoms with Crippen LogP contribution in [0.5, 0.6) is 0 Å². The Balaban J connectivity index is 1.47. The number of aromatic amines is 2. The smallest absolute Gasteiger partial charge is 0.323 e. The monoisotopic (exact) mass is 311 g/mol. The van der Waals surface area contributed by atoms with Crippen molar-refractivity contribution in [3.8, 4) is 0 Å². The van der Waals surface area contributed by atoms with E-state index in [9.17, 15) is 14.0 Å². The minimum atomic E-state index is -0.276. The fraction of sp³-hybridized carbons (Fsp3) is 0.176. The molecule has 1 aromatic heterocycles. The van der Waals surface area contributed by atoms with Gasteiger partial charge in [0.15, 0.2) is 0 Å². The molecule has 1 amide bonds. The number of carbonyl (C=O) groups excluding carboxylic acids is 1. The molecule has 0 spiro atoms. The molecule has 1 heterocycles. The summed E-state index contributed by atoms with van der Waals surface area (Å²) >= 11 is 0. The average Bonchev–Trinajstić information content (AvgIpc) is 3.23. The highest BCUT2D eigenvalue weighted by atomic mass is 19.1. The molecule has 0 bridgehead atoms. The van der Waals surface area contributed by atoms with Crippen LogP contribution in [0.3, 0.4) is 0 Å². The van der Waals surface area contributed by atoms with E-state index >= 15 is 0 Å². The van der Waals surface area contributed by atoms with Gasteiger partial charge in [0.05, 0.1) is 11.0 Å². The van der Waals surface area contributed by atoms with E-state index in [0.717, 1.165) is 12.0 Å². The fourth-order valence-corrected chi connectivity index (χ4v) is 2.91. The van der Waals surface area contributed by atoms with Gasteiger partial charge in [-0.25, -0.2) is 9.18 Å². The van der Waals surface area contributed by atoms with Gasteiger partial charge in [-0.3, -0.25) is 4.79 Å². The number of anilines is 1. The first kappa shape index (κ1) is 13.8. The topological polar surface area (TPSA) is 77.8 Å². The molecule has 1 saturated carbocycles. The van der Waals surface area contributed by atoms with Gasteiger partial charge in [0.2, 0.25) is 5.91 Å². The van der Waals surface area contributed by atoms with E-state index in [1.807, 2.05) is 0 Å². The number of aromatic nitrogens is 2. The normalized spacial score (nSPS) is 19.7. The maximum Gasteiger partial charge on any atom is 0.323 e. The van der Waals surface area contributed by atoms with Crippen LogP contribution < -0.4 is 11.0 Å². The van der Waals surface area contributed by atoms with Crippen LogP contribution in [0.2, 0.25) is 0 Å². The standard InChI is InChI=1S/C17H14FN3O2/c18-10-3-1-9(2-4-10)12-8-13(12)16(22)19-11-5-6-14-15(7-11)21-17(23)20-14/h1-7,12-13H,8H2,(H,19,22)(H2,20,21,23)/t12-,13+/m0/s1. The van der Waals surface area contributed by atoms with Crippen LogP contribution in [0.15, 0.2) is 47.3 Å². The molecule has 1 fully saturated rings. The van der Waals surface area contributed by atoms with Crippen molar-refractivity contribution in [2.45, 2.75) is 12.3 Å². The quantitative estimate of drug-likeness (QED) is 0.695. The van der Waals surface area contributed by atoms with Gasteiger partial charge in [0, 0.05) is 11.6 Å². The molecule has 3 aromatic rings. The molecular formula is C17H14FN3O2. The molecule has 4 rings (SSSR count). The number of halogens is 1. The van der Waals surface area contributed by atoms with Gasteiger partial charge in [0.1, 0.15) is 5.82 Å². The summed E-state index contributed by atoms with van der Waals surface area (Å²) in [6.07, 6.45) is 0.765. The lowest BCUT2D eigenvalue weighted by molar-refractivity contribution is -0.117. The van der Waals surface area contributed by atoms with Gasteiger partial charge in [-0.05, 0) is 48.2 Å². The molecule has 0 aliphatic heterocycles. The third-order valence-corrected chi connectivity index (χ3v) is 4.21. The highest BCUT2D eigenvalue weighted by Crippen LogP contribution is 2.48. The number of benzene rings is 2. The first-order chi connectivity index (χ1) is 11.1. The predicted octanol–water partition coefficient (Wildman–Crippen LogP) is 2.74. The minimum absolute atomic E-state index is 0.0587. The second kappa shape index (κ2) is 5.08. The second-order valence-electron chi connectivity index (χ2n) is 5.83. The van der Waals surface area contributed by atoms with Crippen molar-refractivity contribution in [1.82, 2.24) is 9.97 Å². The Morgan fingerprint density at radius 2 is 1.83 bits per heavy atom. The summed E-state index contributed by atoms with van der Waals surface area (Å²) < 4.78 is 12.9. The second-order valence-corrected chi connectivity index (χ2v) is 5.83. The summed E-state index contributed by atoms with van der Waals surface area (Å²) in [5.41, 5.74) is 2.70. The zero-order chi connectivity index (χ0) is 16.0. The number of H-pyrrole nitrogens is 2. The van der Waals surface area contributed by atoms with E-state index in [1.54, 1.807) is 30.3 Å². The number of amides is 1. The lowest BCUT2D eigenvalue weighted by Crippen LogP contribution is -2.14. The zero-order valence-corrected chi connectivity index (χ0v) is 12.1. The van der Waals surface area contributed by atoms with Gasteiger partial charge in [0.25, 0.3) is 0 Å². The molecule has 6 heteroatoms. The van der Waals surface area contributed by atoms with Crippen LogP contribution in [0.1, 0.15) is 17.9 Å². The fourth-order valence-electron chi connectivity index (χ4n) is 2.91. The summed E-state index contributed by atoms with van der Waals surface area (Å²) in [7, 11) is 0. The highest BCUT2D eigenvalue weighted by Gasteiger charge is 2.43. The SMILES string of the molecule is O=C(Nc1ccc2[nH]c(=O)[nH]c2c1)[C@@H]1C[C@H]1c1ccc(F)cc1. The molecule has 0 unspecified atom stereocenters. The molecule has 2 aromatic carbocycles. The Morgan fingerprint density at radius 1 is 1.09 bits per heavy atom. The maximum absolute atomic E-state index is 12.9. The Labute approximate surface area is 130 Å². The van der Waals surface area contributed by atoms with Gasteiger partial charge >= 0.3 is 5.69 Å². The number of fused-ring (bicyclic) bond motifs is 1. The van der Waals surface area contributed by atoms with E-state index in [1.165, 1.54) is 12.1 Å². The molecule has 1 aliphatic carbocycles. The first-order valence-electron chi connectivity index (χ1n) is 7.38. The minimum Gasteiger partial charge on any atom is -0.326 e. The van der Waals surface area contributed by atoms with E-state index in [2.05, 4.69) is 15.3 Å². The van der Waals surface area contributed by atoms with Crippen molar-refractivity contribution < 1.29 is 9.18 Å². The number of hydrogen-bond donors (Lipinski definition) is 3. The highest BCUT2D eigenvalue weighted by molar-refractivity contribution is 5.96. The van der Waals surface area contributed by atoms with Crippen LogP contribution >= 0.6 is 0 Å². The summed E-state index contributed by atoms with van der Waals surface area (Å²) in [4.78, 5) is 28.9. The van der Waals surface area contributed by atoms with Crippen LogP contribution in [0.4, 0.5) is 10.1 Å². The Bertz CT molecular complexity index is 942. The van der Waals surface area contributed by atoms with E-state index in [-0.39, 0.29) is 29.2 Å². The number of rotatable bonds is 3. The summed E-state index contributed by atoms with van der Waals surface area (Å²) in [5, 5.41) is 2.87. The predicted molar refractivity (Wildman–Crippen MR) is 84.8 cm³/mol. The third-order valence-electron chi connectivity index (χ3n) is 4.21. The number of nitrogens with one attached hydrogen (secondary N) is 3. The van der Waals surface area contributed by atoms with Crippen LogP contribution in [0, 0.1) is 11.7 Å². The molecule has 5 nitrogen and oxygen atoms in total. The van der Waals surface area contributed by atoms with E-state index in [4.69, 9.17) is 0 Å². The van der Waals surface area contributed by atoms with Gasteiger partial charge in [-0.1, -0.05) is 12.1 Å². The molecule has 0 radical (unpaired) electrons. The molecule has 0 saturated heterocycles. The van der Waals surface area contributed by atoms with E-state index < -0.39 is 0 Å². The van der Waals surface area contributed by atoms with Gasteiger partial charge in [-0.2, -0.15) is 0 Å². The number of imidazole rings is 1. The van der Waals surface area contributed by atoms with Crippen LogP contribution in [-0.2, 0) is 4.79 Å². The van der Waals surface area contributed by atoms with Crippen molar-refractivity contribution in [3.05, 3.63) is 64.3 Å². The van der Waals surface area contributed by atoms with E-state index in [0.29, 0.717) is 16.7 Å². The maximum atomic E-state index is 12.9. The van der Waals surface area contributed by atoms with Crippen LogP contribution in [0.25, 0.3) is 11.0 Å². The lowest BCUT2D eigenvalue weighted by Gasteiger charge is -2.05. The largest absolute Gasteiger partial charge is 0.326 e. The number of hydrogen-bond acceptors (Lipinski definition) is 2. The first-order valence-corrected chi connectivity index (χ1v) is 7.38. The Hall–Kier alpha value is -2.89. The van der Waals surface area contributed by atoms with Gasteiger partial charge < -0.3 is 15.3 Å². The van der Waals surface area contributed by atoms with Crippen molar-refractivity contribution in [3.63, 3.8) is 0 Å². The van der Waals surface area contributed by atoms with Crippen molar-refractivity contribution in [1.29, 1.82) is 0 Å². The van der Waals surface area contributed by atoms with Crippen LogP contribution in [-0.4, -0.2) is 15.9 Å². The van der Waals surface area contributed by atoms with Gasteiger partial charge in [-0.15, -0.1) is 0 Å². The number of carbonyl (C=O) groups is 1. The third kappa shape index (κ3) is 2.63. The summed E-state index contributed by atoms with van der Waals surface area (Å²) in [5.74, 6) is -0.284. The zero-order valence-electron chi connectivity index (χ0n) is 12.1. The summed E-state index contributed by atoms with van der Waals surface area (Å²) in [6.45, 7) is 0. The molecule has 23 heavy (non-hydrogen) atoms. The molecule has 2 atom stereocenters. The molecule has 1 aliphatic rings. The average molecular weight is 311 g/mol.